The van der Waals surface area contributed by atoms with Crippen LogP contribution in [0.3, 0.4) is 0 Å². The summed E-state index contributed by atoms with van der Waals surface area (Å²) in [6.07, 6.45) is 1.00. The lowest BCUT2D eigenvalue weighted by atomic mass is 10.2. The fourth-order valence-corrected chi connectivity index (χ4v) is 5.65. The van der Waals surface area contributed by atoms with Gasteiger partial charge >= 0.3 is 6.09 Å². The molecule has 1 saturated heterocycles. The molecule has 2 aromatic carbocycles. The Bertz CT molecular complexity index is 1440. The summed E-state index contributed by atoms with van der Waals surface area (Å²) in [6.45, 7) is 9.37. The minimum atomic E-state index is -0.671. The van der Waals surface area contributed by atoms with E-state index in [1.54, 1.807) is 37.3 Å². The van der Waals surface area contributed by atoms with E-state index in [4.69, 9.17) is 9.47 Å². The molecule has 0 amide bonds. The summed E-state index contributed by atoms with van der Waals surface area (Å²) in [5, 5.41) is 4.31. The number of unbranched alkanes of at least 4 members (excludes halogenated alkanes) is 1. The van der Waals surface area contributed by atoms with Crippen LogP contribution in [0.25, 0.3) is 21.0 Å². The lowest BCUT2D eigenvalue weighted by Crippen LogP contribution is -2.46. The topological polar surface area (TPSA) is 64.0 Å². The Morgan fingerprint density at radius 1 is 1.00 bits per heavy atom. The maximum atomic E-state index is 12.5. The van der Waals surface area contributed by atoms with Gasteiger partial charge in [0, 0.05) is 54.1 Å². The van der Waals surface area contributed by atoms with Gasteiger partial charge in [-0.2, -0.15) is 0 Å². The van der Waals surface area contributed by atoms with E-state index in [2.05, 4.69) is 39.4 Å². The second-order valence-corrected chi connectivity index (χ2v) is 10.6. The molecule has 8 heteroatoms. The Labute approximate surface area is 220 Å². The predicted octanol–water partition coefficient (Wildman–Crippen LogP) is 5.59. The summed E-state index contributed by atoms with van der Waals surface area (Å²) in [4.78, 5) is 29.9. The number of anilines is 1. The first-order chi connectivity index (χ1) is 18.0. The second kappa shape index (κ2) is 11.4. The van der Waals surface area contributed by atoms with Crippen molar-refractivity contribution in [3.63, 3.8) is 0 Å². The zero-order valence-electron chi connectivity index (χ0n) is 21.4. The summed E-state index contributed by atoms with van der Waals surface area (Å²) in [5.41, 5.74) is 1.43. The first-order valence-electron chi connectivity index (χ1n) is 12.9. The molecule has 0 unspecified atom stereocenters. The Morgan fingerprint density at radius 3 is 2.62 bits per heavy atom. The highest BCUT2D eigenvalue weighted by Crippen LogP contribution is 2.31. The standard InChI is InChI=1S/C29H33N3O4S/c1-21(2)36-29(34)32-26-20-23(10-8-22(26)9-11-28(32)33)35-18-4-3-13-30-14-16-31(17-15-30)25-6-5-7-27-24(25)12-19-37-27/h5-12,19-21H,3-4,13-18H2,1-2H3. The average Bonchev–Trinajstić information content (AvgIpc) is 3.37. The summed E-state index contributed by atoms with van der Waals surface area (Å²) < 4.78 is 13.7. The van der Waals surface area contributed by atoms with Crippen molar-refractivity contribution in [3.8, 4) is 5.75 Å². The average molecular weight is 520 g/mol. The molecule has 3 heterocycles. The predicted molar refractivity (Wildman–Crippen MR) is 150 cm³/mol. The Hall–Kier alpha value is -3.36. The Morgan fingerprint density at radius 2 is 1.81 bits per heavy atom. The van der Waals surface area contributed by atoms with E-state index in [0.29, 0.717) is 17.9 Å². The smallest absolute Gasteiger partial charge is 0.421 e. The van der Waals surface area contributed by atoms with Crippen LogP contribution >= 0.6 is 11.3 Å². The largest absolute Gasteiger partial charge is 0.494 e. The summed E-state index contributed by atoms with van der Waals surface area (Å²) in [6, 6.07) is 17.4. The molecule has 0 N–H and O–H groups in total. The van der Waals surface area contributed by atoms with Gasteiger partial charge in [-0.15, -0.1) is 11.3 Å². The van der Waals surface area contributed by atoms with Crippen molar-refractivity contribution in [1.82, 2.24) is 9.47 Å². The van der Waals surface area contributed by atoms with Crippen LogP contribution in [0, 0.1) is 0 Å². The summed E-state index contributed by atoms with van der Waals surface area (Å²) >= 11 is 1.80. The molecular weight excluding hydrogens is 486 g/mol. The first-order valence-corrected chi connectivity index (χ1v) is 13.8. The molecule has 0 atom stereocenters. The minimum absolute atomic E-state index is 0.313. The molecule has 1 aliphatic rings. The SMILES string of the molecule is CC(C)OC(=O)n1c(=O)ccc2ccc(OCCCCN3CCN(c4cccc5sccc45)CC3)cc21. The quantitative estimate of drug-likeness (QED) is 0.283. The zero-order valence-corrected chi connectivity index (χ0v) is 22.2. The van der Waals surface area contributed by atoms with Gasteiger partial charge < -0.3 is 14.4 Å². The number of hydrogen-bond donors (Lipinski definition) is 0. The third-order valence-corrected chi connectivity index (χ3v) is 7.59. The molecule has 0 spiro atoms. The van der Waals surface area contributed by atoms with E-state index in [-0.39, 0.29) is 6.10 Å². The molecule has 0 bridgehead atoms. The van der Waals surface area contributed by atoms with Crippen LogP contribution in [0.15, 0.2) is 64.8 Å². The molecule has 0 saturated carbocycles. The number of carbonyl (C=O) groups is 1. The molecule has 2 aromatic heterocycles. The van der Waals surface area contributed by atoms with E-state index in [1.807, 2.05) is 12.1 Å². The fraction of sp³-hybridized carbons (Fsp3) is 0.379. The number of aromatic nitrogens is 1. The first kappa shape index (κ1) is 25.3. The summed E-state index contributed by atoms with van der Waals surface area (Å²) in [5.74, 6) is 0.639. The molecule has 0 radical (unpaired) electrons. The van der Waals surface area contributed by atoms with E-state index in [1.165, 1.54) is 21.8 Å². The Balaban J connectivity index is 1.10. The highest BCUT2D eigenvalue weighted by Gasteiger charge is 2.19. The monoisotopic (exact) mass is 519 g/mol. The minimum Gasteiger partial charge on any atom is -0.494 e. The molecule has 194 valence electrons. The van der Waals surface area contributed by atoms with Crippen LogP contribution < -0.4 is 15.2 Å². The van der Waals surface area contributed by atoms with Gasteiger partial charge in [-0.1, -0.05) is 6.07 Å². The van der Waals surface area contributed by atoms with Crippen molar-refractivity contribution in [2.45, 2.75) is 32.8 Å². The highest BCUT2D eigenvalue weighted by molar-refractivity contribution is 7.17. The number of thiophene rings is 1. The van der Waals surface area contributed by atoms with Crippen LogP contribution in [0.5, 0.6) is 5.75 Å². The molecule has 37 heavy (non-hydrogen) atoms. The lowest BCUT2D eigenvalue weighted by Gasteiger charge is -2.36. The van der Waals surface area contributed by atoms with E-state index in [0.717, 1.165) is 55.5 Å². The number of hydrogen-bond acceptors (Lipinski definition) is 7. The molecule has 5 rings (SSSR count). The molecular formula is C29H33N3O4S. The zero-order chi connectivity index (χ0) is 25.8. The van der Waals surface area contributed by atoms with Crippen LogP contribution in [-0.4, -0.2) is 61.0 Å². The molecule has 7 nitrogen and oxygen atoms in total. The van der Waals surface area contributed by atoms with Gasteiger partial charge in [0.15, 0.2) is 0 Å². The van der Waals surface area contributed by atoms with Crippen molar-refractivity contribution < 1.29 is 14.3 Å². The summed E-state index contributed by atoms with van der Waals surface area (Å²) in [7, 11) is 0. The van der Waals surface area contributed by atoms with Crippen LogP contribution in [-0.2, 0) is 4.74 Å². The molecule has 1 aliphatic heterocycles. The number of fused-ring (bicyclic) bond motifs is 2. The molecule has 1 fully saturated rings. The van der Waals surface area contributed by atoms with Crippen LogP contribution in [0.4, 0.5) is 10.5 Å². The van der Waals surface area contributed by atoms with Crippen molar-refractivity contribution in [2.24, 2.45) is 0 Å². The number of piperazine rings is 1. The van der Waals surface area contributed by atoms with Gasteiger partial charge in [-0.3, -0.25) is 9.69 Å². The van der Waals surface area contributed by atoms with Gasteiger partial charge in [-0.05, 0) is 80.4 Å². The van der Waals surface area contributed by atoms with Crippen LogP contribution in [0.2, 0.25) is 0 Å². The normalized spacial score (nSPS) is 14.5. The van der Waals surface area contributed by atoms with Crippen molar-refractivity contribution in [1.29, 1.82) is 0 Å². The number of benzene rings is 2. The van der Waals surface area contributed by atoms with E-state index in [9.17, 15) is 9.59 Å². The van der Waals surface area contributed by atoms with Crippen molar-refractivity contribution in [3.05, 3.63) is 70.3 Å². The maximum absolute atomic E-state index is 12.5. The van der Waals surface area contributed by atoms with Gasteiger partial charge in [0.25, 0.3) is 5.56 Å². The van der Waals surface area contributed by atoms with Crippen molar-refractivity contribution >= 4 is 44.1 Å². The maximum Gasteiger partial charge on any atom is 0.421 e. The second-order valence-electron chi connectivity index (χ2n) is 9.65. The van der Waals surface area contributed by atoms with E-state index >= 15 is 0 Å². The lowest BCUT2D eigenvalue weighted by molar-refractivity contribution is 0.117. The van der Waals surface area contributed by atoms with Gasteiger partial charge in [-0.25, -0.2) is 9.36 Å². The van der Waals surface area contributed by atoms with Gasteiger partial charge in [0.2, 0.25) is 0 Å². The molecule has 4 aromatic rings. The number of nitrogens with zero attached hydrogens (tertiary/aromatic N) is 3. The van der Waals surface area contributed by atoms with Gasteiger partial charge in [0.05, 0.1) is 18.2 Å². The van der Waals surface area contributed by atoms with E-state index < -0.39 is 11.7 Å². The third-order valence-electron chi connectivity index (χ3n) is 6.71. The number of pyridine rings is 1. The molecule has 0 aliphatic carbocycles. The number of carbonyl (C=O) groups excluding carboxylic acids is 1. The Kier molecular flexibility index (Phi) is 7.76. The fourth-order valence-electron chi connectivity index (χ4n) is 4.84. The number of rotatable bonds is 8. The highest BCUT2D eigenvalue weighted by atomic mass is 32.1. The third kappa shape index (κ3) is 5.81. The number of ether oxygens (including phenoxy) is 2. The van der Waals surface area contributed by atoms with Gasteiger partial charge in [0.1, 0.15) is 5.75 Å². The van der Waals surface area contributed by atoms with Crippen LogP contribution in [0.1, 0.15) is 26.7 Å². The van der Waals surface area contributed by atoms with Crippen molar-refractivity contribution in [2.75, 3.05) is 44.2 Å².